The van der Waals surface area contributed by atoms with E-state index in [1.54, 1.807) is 24.3 Å². The van der Waals surface area contributed by atoms with Crippen molar-refractivity contribution in [2.24, 2.45) is 0 Å². The summed E-state index contributed by atoms with van der Waals surface area (Å²) in [6.45, 7) is 3.12. The summed E-state index contributed by atoms with van der Waals surface area (Å²) in [5.41, 5.74) is 2.80. The van der Waals surface area contributed by atoms with Crippen molar-refractivity contribution >= 4 is 33.2 Å². The number of anilines is 1. The van der Waals surface area contributed by atoms with E-state index in [-0.39, 0.29) is 15.5 Å². The number of nitrogens with zero attached hydrogens (tertiary/aromatic N) is 1. The van der Waals surface area contributed by atoms with Crippen LogP contribution in [0, 0.1) is 0 Å². The lowest BCUT2D eigenvalue weighted by atomic mass is 10.0. The Kier molecular flexibility index (Phi) is 6.50. The number of carbonyl (C=O) groups excluding carboxylic acids is 1. The zero-order valence-corrected chi connectivity index (χ0v) is 19.1. The fourth-order valence-electron chi connectivity index (χ4n) is 3.66. The summed E-state index contributed by atoms with van der Waals surface area (Å²) in [5, 5.41) is 2.93. The zero-order valence-electron chi connectivity index (χ0n) is 17.5. The second-order valence-electron chi connectivity index (χ2n) is 7.41. The molecule has 0 saturated heterocycles. The molecular weight excluding hydrogens is 448 g/mol. The highest BCUT2D eigenvalue weighted by Gasteiger charge is 2.29. The average molecular weight is 471 g/mol. The molecule has 8 heteroatoms. The Morgan fingerprint density at radius 1 is 1.06 bits per heavy atom. The Balaban J connectivity index is 1.56. The molecule has 1 N–H and O–H groups in total. The normalized spacial score (nSPS) is 13.9. The summed E-state index contributed by atoms with van der Waals surface area (Å²) in [5.74, 6) is 0.208. The highest BCUT2D eigenvalue weighted by Crippen LogP contribution is 2.28. The standard InChI is InChI=1S/C24H23ClN2O4S/c1-2-31-20-9-7-19(8-10-20)26-24(28)22-15-21(11-12-23(22)25)32(29,30)27-14-13-17-5-3-4-6-18(17)16-27/h3-12,15H,2,13-14,16H2,1H3,(H,26,28). The number of halogens is 1. The Morgan fingerprint density at radius 3 is 2.50 bits per heavy atom. The Labute approximate surface area is 192 Å². The summed E-state index contributed by atoms with van der Waals surface area (Å²) in [6, 6.07) is 18.9. The summed E-state index contributed by atoms with van der Waals surface area (Å²) < 4.78 is 33.4. The maximum Gasteiger partial charge on any atom is 0.257 e. The largest absolute Gasteiger partial charge is 0.494 e. The smallest absolute Gasteiger partial charge is 0.257 e. The van der Waals surface area contributed by atoms with Gasteiger partial charge in [-0.05, 0) is 66.9 Å². The molecule has 1 aliphatic heterocycles. The molecule has 0 radical (unpaired) electrons. The van der Waals surface area contributed by atoms with Crippen LogP contribution in [0.4, 0.5) is 5.69 Å². The third-order valence-electron chi connectivity index (χ3n) is 5.34. The quantitative estimate of drug-likeness (QED) is 0.564. The van der Waals surface area contributed by atoms with Gasteiger partial charge in [-0.1, -0.05) is 35.9 Å². The zero-order chi connectivity index (χ0) is 22.7. The number of benzene rings is 3. The molecule has 0 bridgehead atoms. The molecular formula is C24H23ClN2O4S. The van der Waals surface area contributed by atoms with Crippen molar-refractivity contribution in [3.8, 4) is 5.75 Å². The van der Waals surface area contributed by atoms with Gasteiger partial charge in [0.25, 0.3) is 5.91 Å². The van der Waals surface area contributed by atoms with E-state index in [4.69, 9.17) is 16.3 Å². The third-order valence-corrected chi connectivity index (χ3v) is 7.51. The van der Waals surface area contributed by atoms with Gasteiger partial charge in [-0.15, -0.1) is 0 Å². The van der Waals surface area contributed by atoms with Gasteiger partial charge in [-0.25, -0.2) is 8.42 Å². The maximum atomic E-state index is 13.3. The average Bonchev–Trinajstić information content (AvgIpc) is 2.80. The lowest BCUT2D eigenvalue weighted by molar-refractivity contribution is 0.102. The van der Waals surface area contributed by atoms with Gasteiger partial charge in [0.15, 0.2) is 0 Å². The predicted molar refractivity (Wildman–Crippen MR) is 125 cm³/mol. The minimum absolute atomic E-state index is 0.0399. The van der Waals surface area contributed by atoms with E-state index >= 15 is 0 Å². The van der Waals surface area contributed by atoms with E-state index in [9.17, 15) is 13.2 Å². The Bertz CT molecular complexity index is 1240. The molecule has 0 fully saturated rings. The van der Waals surface area contributed by atoms with Crippen LogP contribution < -0.4 is 10.1 Å². The van der Waals surface area contributed by atoms with Crippen LogP contribution in [0.5, 0.6) is 5.75 Å². The van der Waals surface area contributed by atoms with E-state index in [1.807, 2.05) is 31.2 Å². The first kappa shape index (κ1) is 22.3. The first-order valence-corrected chi connectivity index (χ1v) is 12.1. The fourth-order valence-corrected chi connectivity index (χ4v) is 5.31. The minimum atomic E-state index is -3.78. The van der Waals surface area contributed by atoms with E-state index in [2.05, 4.69) is 5.32 Å². The first-order valence-electron chi connectivity index (χ1n) is 10.3. The molecule has 0 saturated carbocycles. The molecule has 4 rings (SSSR count). The summed E-state index contributed by atoms with van der Waals surface area (Å²) in [7, 11) is -3.78. The molecule has 6 nitrogen and oxygen atoms in total. The maximum absolute atomic E-state index is 13.3. The molecule has 1 heterocycles. The van der Waals surface area contributed by atoms with Gasteiger partial charge in [-0.2, -0.15) is 4.31 Å². The van der Waals surface area contributed by atoms with Crippen molar-refractivity contribution in [2.75, 3.05) is 18.5 Å². The number of ether oxygens (including phenoxy) is 1. The lowest BCUT2D eigenvalue weighted by Crippen LogP contribution is -2.36. The third kappa shape index (κ3) is 4.65. The monoisotopic (exact) mass is 470 g/mol. The summed E-state index contributed by atoms with van der Waals surface area (Å²) >= 11 is 6.24. The molecule has 0 aliphatic carbocycles. The molecule has 0 aromatic heterocycles. The number of hydrogen-bond donors (Lipinski definition) is 1. The topological polar surface area (TPSA) is 75.7 Å². The van der Waals surface area contributed by atoms with Crippen molar-refractivity contribution in [3.05, 3.63) is 88.4 Å². The van der Waals surface area contributed by atoms with Crippen LogP contribution in [-0.4, -0.2) is 31.8 Å². The molecule has 0 atom stereocenters. The summed E-state index contributed by atoms with van der Waals surface area (Å²) in [4.78, 5) is 12.9. The number of fused-ring (bicyclic) bond motifs is 1. The molecule has 3 aromatic carbocycles. The molecule has 0 spiro atoms. The van der Waals surface area contributed by atoms with Crippen molar-refractivity contribution in [1.82, 2.24) is 4.31 Å². The van der Waals surface area contributed by atoms with E-state index in [1.165, 1.54) is 22.5 Å². The molecule has 1 amide bonds. The van der Waals surface area contributed by atoms with Crippen molar-refractivity contribution in [2.45, 2.75) is 24.8 Å². The van der Waals surface area contributed by atoms with E-state index in [0.29, 0.717) is 37.6 Å². The number of hydrogen-bond acceptors (Lipinski definition) is 4. The van der Waals surface area contributed by atoms with Crippen molar-refractivity contribution in [3.63, 3.8) is 0 Å². The van der Waals surface area contributed by atoms with Gasteiger partial charge in [0, 0.05) is 18.8 Å². The number of amides is 1. The number of sulfonamides is 1. The van der Waals surface area contributed by atoms with Gasteiger partial charge in [0.2, 0.25) is 10.0 Å². The molecule has 166 valence electrons. The van der Waals surface area contributed by atoms with Gasteiger partial charge >= 0.3 is 0 Å². The van der Waals surface area contributed by atoms with Gasteiger partial charge < -0.3 is 10.1 Å². The summed E-state index contributed by atoms with van der Waals surface area (Å²) in [6.07, 6.45) is 0.647. The van der Waals surface area contributed by atoms with Crippen LogP contribution in [0.25, 0.3) is 0 Å². The Morgan fingerprint density at radius 2 is 1.78 bits per heavy atom. The van der Waals surface area contributed by atoms with Crippen LogP contribution in [-0.2, 0) is 23.0 Å². The van der Waals surface area contributed by atoms with E-state index in [0.717, 1.165) is 11.1 Å². The van der Waals surface area contributed by atoms with Gasteiger partial charge in [-0.3, -0.25) is 4.79 Å². The highest BCUT2D eigenvalue weighted by atomic mass is 35.5. The second-order valence-corrected chi connectivity index (χ2v) is 9.76. The van der Waals surface area contributed by atoms with Gasteiger partial charge in [0.1, 0.15) is 5.75 Å². The molecule has 3 aromatic rings. The van der Waals surface area contributed by atoms with Crippen molar-refractivity contribution in [1.29, 1.82) is 0 Å². The first-order chi connectivity index (χ1) is 15.4. The van der Waals surface area contributed by atoms with E-state index < -0.39 is 15.9 Å². The molecule has 32 heavy (non-hydrogen) atoms. The molecule has 1 aliphatic rings. The van der Waals surface area contributed by atoms with Crippen LogP contribution in [0.2, 0.25) is 5.02 Å². The van der Waals surface area contributed by atoms with Crippen LogP contribution >= 0.6 is 11.6 Å². The number of carbonyl (C=O) groups is 1. The fraction of sp³-hybridized carbons (Fsp3) is 0.208. The molecule has 0 unspecified atom stereocenters. The highest BCUT2D eigenvalue weighted by molar-refractivity contribution is 7.89. The van der Waals surface area contributed by atoms with Crippen LogP contribution in [0.15, 0.2) is 71.6 Å². The SMILES string of the molecule is CCOc1ccc(NC(=O)c2cc(S(=O)(=O)N3CCc4ccccc4C3)ccc2Cl)cc1. The minimum Gasteiger partial charge on any atom is -0.494 e. The van der Waals surface area contributed by atoms with Gasteiger partial charge in [0.05, 0.1) is 22.1 Å². The number of rotatable bonds is 6. The number of nitrogens with one attached hydrogen (secondary N) is 1. The lowest BCUT2D eigenvalue weighted by Gasteiger charge is -2.28. The van der Waals surface area contributed by atoms with Crippen LogP contribution in [0.1, 0.15) is 28.4 Å². The Hall–Kier alpha value is -2.87. The second kappa shape index (κ2) is 9.32. The predicted octanol–water partition coefficient (Wildman–Crippen LogP) is 4.74. The van der Waals surface area contributed by atoms with Crippen molar-refractivity contribution < 1.29 is 17.9 Å². The van der Waals surface area contributed by atoms with Crippen LogP contribution in [0.3, 0.4) is 0 Å².